The first-order valence-corrected chi connectivity index (χ1v) is 5.12. The molecule has 2 aliphatic rings. The number of ether oxygens (including phenoxy) is 3. The predicted octanol–water partition coefficient (Wildman–Crippen LogP) is 0.679. The Bertz CT molecular complexity index is 220. The topological polar surface area (TPSA) is 47.9 Å². The van der Waals surface area contributed by atoms with E-state index in [9.17, 15) is 0 Å². The summed E-state index contributed by atoms with van der Waals surface area (Å²) in [7, 11) is 1.65. The zero-order chi connectivity index (χ0) is 10.2. The second kappa shape index (κ2) is 3.45. The Morgan fingerprint density at radius 2 is 2.36 bits per heavy atom. The summed E-state index contributed by atoms with van der Waals surface area (Å²) in [6.07, 6.45) is 2.51. The Kier molecular flexibility index (Phi) is 2.55. The largest absolute Gasteiger partial charge is 0.396 e. The molecule has 14 heavy (non-hydrogen) atoms. The third-order valence-corrected chi connectivity index (χ3v) is 3.43. The van der Waals surface area contributed by atoms with Crippen molar-refractivity contribution in [2.24, 2.45) is 0 Å². The molecule has 0 aliphatic carbocycles. The minimum Gasteiger partial charge on any atom is -0.396 e. The van der Waals surface area contributed by atoms with Crippen molar-refractivity contribution in [3.8, 4) is 0 Å². The summed E-state index contributed by atoms with van der Waals surface area (Å²) < 4.78 is 17.0. The molecule has 0 radical (unpaired) electrons. The van der Waals surface area contributed by atoms with Crippen LogP contribution in [0.2, 0.25) is 0 Å². The van der Waals surface area contributed by atoms with Gasteiger partial charge in [-0.15, -0.1) is 0 Å². The van der Waals surface area contributed by atoms with E-state index >= 15 is 0 Å². The van der Waals surface area contributed by atoms with E-state index in [4.69, 9.17) is 19.3 Å². The Morgan fingerprint density at radius 3 is 3.00 bits per heavy atom. The number of hydrogen-bond acceptors (Lipinski definition) is 4. The van der Waals surface area contributed by atoms with Gasteiger partial charge < -0.3 is 19.3 Å². The SMILES string of the molecule is COC12CCC(O1)C(C)(CCO)OC2. The quantitative estimate of drug-likeness (QED) is 0.731. The maximum atomic E-state index is 8.97. The van der Waals surface area contributed by atoms with Gasteiger partial charge in [-0.3, -0.25) is 0 Å². The number of fused-ring (bicyclic) bond motifs is 2. The molecule has 2 saturated heterocycles. The van der Waals surface area contributed by atoms with Gasteiger partial charge in [-0.25, -0.2) is 0 Å². The lowest BCUT2D eigenvalue weighted by Crippen LogP contribution is -2.53. The molecule has 3 unspecified atom stereocenters. The lowest BCUT2D eigenvalue weighted by atomic mass is 9.93. The number of methoxy groups -OCH3 is 1. The highest BCUT2D eigenvalue weighted by molar-refractivity contribution is 4.97. The van der Waals surface area contributed by atoms with Gasteiger partial charge in [0.05, 0.1) is 11.7 Å². The van der Waals surface area contributed by atoms with Crippen LogP contribution in [0.15, 0.2) is 0 Å². The first-order chi connectivity index (χ1) is 6.64. The van der Waals surface area contributed by atoms with Crippen molar-refractivity contribution in [1.29, 1.82) is 0 Å². The fraction of sp³-hybridized carbons (Fsp3) is 1.00. The molecule has 4 heteroatoms. The van der Waals surface area contributed by atoms with Crippen LogP contribution in [0, 0.1) is 0 Å². The second-order valence-corrected chi connectivity index (χ2v) is 4.33. The average molecular weight is 202 g/mol. The first kappa shape index (κ1) is 10.4. The second-order valence-electron chi connectivity index (χ2n) is 4.33. The molecule has 2 bridgehead atoms. The summed E-state index contributed by atoms with van der Waals surface area (Å²) in [6.45, 7) is 2.60. The Hall–Kier alpha value is -0.160. The molecule has 82 valence electrons. The molecule has 2 rings (SSSR count). The summed E-state index contributed by atoms with van der Waals surface area (Å²) in [6, 6.07) is 0. The van der Waals surface area contributed by atoms with Crippen molar-refractivity contribution in [3.05, 3.63) is 0 Å². The van der Waals surface area contributed by atoms with Gasteiger partial charge in [-0.05, 0) is 13.3 Å². The number of aliphatic hydroxyl groups is 1. The van der Waals surface area contributed by atoms with E-state index in [0.29, 0.717) is 13.0 Å². The van der Waals surface area contributed by atoms with Crippen molar-refractivity contribution >= 4 is 0 Å². The van der Waals surface area contributed by atoms with Crippen molar-refractivity contribution in [2.45, 2.75) is 43.7 Å². The van der Waals surface area contributed by atoms with E-state index in [0.717, 1.165) is 12.8 Å². The third kappa shape index (κ3) is 1.46. The van der Waals surface area contributed by atoms with Crippen molar-refractivity contribution in [3.63, 3.8) is 0 Å². The molecule has 0 spiro atoms. The number of aliphatic hydroxyl groups excluding tert-OH is 1. The number of hydrogen-bond donors (Lipinski definition) is 1. The minimum absolute atomic E-state index is 0.0587. The maximum absolute atomic E-state index is 8.97. The molecule has 0 saturated carbocycles. The van der Waals surface area contributed by atoms with Crippen LogP contribution >= 0.6 is 0 Å². The summed E-state index contributed by atoms with van der Waals surface area (Å²) in [4.78, 5) is 0. The third-order valence-electron chi connectivity index (χ3n) is 3.43. The van der Waals surface area contributed by atoms with Gasteiger partial charge in [-0.2, -0.15) is 0 Å². The molecule has 0 aromatic carbocycles. The van der Waals surface area contributed by atoms with E-state index in [1.54, 1.807) is 7.11 Å². The highest BCUT2D eigenvalue weighted by Crippen LogP contribution is 2.44. The highest BCUT2D eigenvalue weighted by atomic mass is 16.7. The van der Waals surface area contributed by atoms with Crippen molar-refractivity contribution in [1.82, 2.24) is 0 Å². The lowest BCUT2D eigenvalue weighted by molar-refractivity contribution is -0.320. The first-order valence-electron chi connectivity index (χ1n) is 5.12. The molecular weight excluding hydrogens is 184 g/mol. The van der Waals surface area contributed by atoms with Gasteiger partial charge in [0.2, 0.25) is 0 Å². The standard InChI is InChI=1S/C10H18O4/c1-9(5-6-11)8-3-4-10(12-2,14-8)7-13-9/h8,11H,3-7H2,1-2H3. The van der Waals surface area contributed by atoms with Gasteiger partial charge >= 0.3 is 0 Å². The summed E-state index contributed by atoms with van der Waals surface area (Å²) in [5.74, 6) is -0.514. The van der Waals surface area contributed by atoms with Crippen LogP contribution in [0.4, 0.5) is 0 Å². The normalized spacial score (nSPS) is 46.9. The Labute approximate surface area is 84.1 Å². The van der Waals surface area contributed by atoms with Crippen LogP contribution in [0.25, 0.3) is 0 Å². The smallest absolute Gasteiger partial charge is 0.192 e. The van der Waals surface area contributed by atoms with E-state index < -0.39 is 5.79 Å². The predicted molar refractivity (Wildman–Crippen MR) is 49.9 cm³/mol. The molecule has 1 N–H and O–H groups in total. The maximum Gasteiger partial charge on any atom is 0.192 e. The molecule has 4 nitrogen and oxygen atoms in total. The molecular formula is C10H18O4. The molecule has 0 amide bonds. The van der Waals surface area contributed by atoms with Crippen LogP contribution in [0.5, 0.6) is 0 Å². The van der Waals surface area contributed by atoms with E-state index in [1.165, 1.54) is 0 Å². The Morgan fingerprint density at radius 1 is 1.57 bits per heavy atom. The van der Waals surface area contributed by atoms with Crippen LogP contribution in [-0.4, -0.2) is 42.9 Å². The minimum atomic E-state index is -0.514. The molecule has 2 fully saturated rings. The average Bonchev–Trinajstić information content (AvgIpc) is 2.56. The van der Waals surface area contributed by atoms with Gasteiger partial charge in [0.1, 0.15) is 6.61 Å². The zero-order valence-electron chi connectivity index (χ0n) is 8.78. The summed E-state index contributed by atoms with van der Waals surface area (Å²) >= 11 is 0. The fourth-order valence-corrected chi connectivity index (χ4v) is 2.30. The zero-order valence-corrected chi connectivity index (χ0v) is 8.78. The molecule has 2 heterocycles. The van der Waals surface area contributed by atoms with E-state index in [-0.39, 0.29) is 18.3 Å². The molecule has 2 aliphatic heterocycles. The van der Waals surface area contributed by atoms with Gasteiger partial charge in [0.25, 0.3) is 0 Å². The molecule has 0 aromatic heterocycles. The van der Waals surface area contributed by atoms with Gasteiger partial charge in [-0.1, -0.05) is 0 Å². The van der Waals surface area contributed by atoms with Crippen molar-refractivity contribution < 1.29 is 19.3 Å². The summed E-state index contributed by atoms with van der Waals surface area (Å²) in [5, 5.41) is 8.97. The Balaban J connectivity index is 2.09. The summed E-state index contributed by atoms with van der Waals surface area (Å²) in [5.41, 5.74) is -0.340. The highest BCUT2D eigenvalue weighted by Gasteiger charge is 2.53. The van der Waals surface area contributed by atoms with Crippen LogP contribution in [-0.2, 0) is 14.2 Å². The van der Waals surface area contributed by atoms with Crippen LogP contribution < -0.4 is 0 Å². The van der Waals surface area contributed by atoms with Crippen LogP contribution in [0.1, 0.15) is 26.2 Å². The number of rotatable bonds is 3. The monoisotopic (exact) mass is 202 g/mol. The van der Waals surface area contributed by atoms with Crippen molar-refractivity contribution in [2.75, 3.05) is 20.3 Å². The van der Waals surface area contributed by atoms with Gasteiger partial charge in [0, 0.05) is 26.6 Å². The molecule has 0 aromatic rings. The molecule has 3 atom stereocenters. The van der Waals surface area contributed by atoms with Crippen LogP contribution in [0.3, 0.4) is 0 Å². The fourth-order valence-electron chi connectivity index (χ4n) is 2.30. The van der Waals surface area contributed by atoms with E-state index in [2.05, 4.69) is 0 Å². The van der Waals surface area contributed by atoms with Gasteiger partial charge in [0.15, 0.2) is 5.79 Å². The lowest BCUT2D eigenvalue weighted by Gasteiger charge is -2.43. The van der Waals surface area contributed by atoms with E-state index in [1.807, 2.05) is 6.92 Å².